The minimum absolute atomic E-state index is 0.101. The molecular weight excluding hydrogens is 425 g/mol. The number of benzene rings is 2. The molecule has 0 aliphatic carbocycles. The van der Waals surface area contributed by atoms with Crippen molar-refractivity contribution in [3.05, 3.63) is 71.0 Å². The molecule has 3 rings (SSSR count). The van der Waals surface area contributed by atoms with E-state index >= 15 is 0 Å². The van der Waals surface area contributed by atoms with Crippen molar-refractivity contribution in [3.63, 3.8) is 0 Å². The van der Waals surface area contributed by atoms with Crippen molar-refractivity contribution in [3.8, 4) is 5.75 Å². The third-order valence-electron chi connectivity index (χ3n) is 3.80. The third kappa shape index (κ3) is 7.16. The summed E-state index contributed by atoms with van der Waals surface area (Å²) in [6.07, 6.45) is 0. The van der Waals surface area contributed by atoms with Gasteiger partial charge in [0.25, 0.3) is 5.91 Å². The molecule has 0 atom stereocenters. The number of nitrogens with zero attached hydrogens (tertiary/aromatic N) is 1. The van der Waals surface area contributed by atoms with E-state index in [1.165, 1.54) is 47.4 Å². The molecule has 156 valence electrons. The van der Waals surface area contributed by atoms with Gasteiger partial charge in [0.2, 0.25) is 5.91 Å². The summed E-state index contributed by atoms with van der Waals surface area (Å²) in [6, 6.07) is 13.1. The predicted molar refractivity (Wildman–Crippen MR) is 119 cm³/mol. The van der Waals surface area contributed by atoms with Crippen molar-refractivity contribution in [2.24, 2.45) is 0 Å². The number of thiazole rings is 1. The number of aromatic nitrogens is 1. The van der Waals surface area contributed by atoms with Gasteiger partial charge in [-0.2, -0.15) is 0 Å². The summed E-state index contributed by atoms with van der Waals surface area (Å²) >= 11 is 2.71. The molecule has 0 aliphatic rings. The Bertz CT molecular complexity index is 991. The van der Waals surface area contributed by atoms with E-state index < -0.39 is 0 Å². The number of ether oxygens (including phenoxy) is 1. The van der Waals surface area contributed by atoms with Crippen LogP contribution in [0.1, 0.15) is 11.3 Å². The van der Waals surface area contributed by atoms with Gasteiger partial charge in [-0.05, 0) is 43.3 Å². The second-order valence-corrected chi connectivity index (χ2v) is 8.19. The lowest BCUT2D eigenvalue weighted by atomic mass is 10.2. The Morgan fingerprint density at radius 2 is 1.80 bits per heavy atom. The van der Waals surface area contributed by atoms with Crippen LogP contribution in [-0.2, 0) is 15.3 Å². The highest BCUT2D eigenvalue weighted by Crippen LogP contribution is 2.20. The van der Waals surface area contributed by atoms with Gasteiger partial charge in [-0.3, -0.25) is 14.9 Å². The van der Waals surface area contributed by atoms with Crippen LogP contribution < -0.4 is 15.4 Å². The second-order valence-electron chi connectivity index (χ2n) is 6.34. The fourth-order valence-electron chi connectivity index (χ4n) is 2.35. The lowest BCUT2D eigenvalue weighted by Gasteiger charge is -2.06. The van der Waals surface area contributed by atoms with Gasteiger partial charge in [0.05, 0.1) is 11.4 Å². The Hall–Kier alpha value is -2.91. The molecule has 0 fully saturated rings. The van der Waals surface area contributed by atoms with Gasteiger partial charge in [-0.25, -0.2) is 9.37 Å². The summed E-state index contributed by atoms with van der Waals surface area (Å²) in [4.78, 5) is 28.3. The summed E-state index contributed by atoms with van der Waals surface area (Å²) in [5.41, 5.74) is 2.44. The number of halogens is 1. The van der Waals surface area contributed by atoms with Crippen molar-refractivity contribution in [2.75, 3.05) is 23.0 Å². The smallest absolute Gasteiger partial charge is 0.264 e. The number of nitrogens with one attached hydrogen (secondary N) is 2. The molecule has 0 bridgehead atoms. The molecule has 1 heterocycles. The quantitative estimate of drug-likeness (QED) is 0.508. The zero-order chi connectivity index (χ0) is 21.3. The average molecular weight is 446 g/mol. The van der Waals surface area contributed by atoms with E-state index in [1.807, 2.05) is 36.6 Å². The second kappa shape index (κ2) is 10.7. The van der Waals surface area contributed by atoms with Crippen LogP contribution in [0, 0.1) is 12.7 Å². The first-order valence-corrected chi connectivity index (χ1v) is 11.1. The molecule has 3 aromatic rings. The molecule has 0 unspecified atom stereocenters. The molecule has 0 radical (unpaired) electrons. The number of amides is 2. The van der Waals surface area contributed by atoms with Gasteiger partial charge in [-0.15, -0.1) is 23.1 Å². The van der Waals surface area contributed by atoms with E-state index in [0.717, 1.165) is 11.3 Å². The molecule has 9 heteroatoms. The van der Waals surface area contributed by atoms with Crippen LogP contribution in [0.15, 0.2) is 53.9 Å². The van der Waals surface area contributed by atoms with Crippen molar-refractivity contribution in [1.29, 1.82) is 0 Å². The average Bonchev–Trinajstić information content (AvgIpc) is 3.16. The molecular formula is C21H20FN3O3S2. The van der Waals surface area contributed by atoms with Crippen molar-refractivity contribution < 1.29 is 18.7 Å². The molecule has 0 saturated heterocycles. The number of hydrogen-bond donors (Lipinski definition) is 2. The van der Waals surface area contributed by atoms with Gasteiger partial charge in [0, 0.05) is 16.8 Å². The van der Waals surface area contributed by atoms with Crippen molar-refractivity contribution >= 4 is 45.7 Å². The number of rotatable bonds is 9. The molecule has 2 N–H and O–H groups in total. The summed E-state index contributed by atoms with van der Waals surface area (Å²) in [5, 5.41) is 7.73. The normalized spacial score (nSPS) is 10.5. The topological polar surface area (TPSA) is 80.3 Å². The maximum Gasteiger partial charge on any atom is 0.264 e. The summed E-state index contributed by atoms with van der Waals surface area (Å²) in [6.45, 7) is 1.88. The first kappa shape index (κ1) is 21.8. The van der Waals surface area contributed by atoms with Crippen LogP contribution in [0.3, 0.4) is 0 Å². The standard InChI is InChI=1S/C21H20FN3O3S2/c1-14-2-8-18(9-3-14)28-10-19(26)25-21-24-17(12-30-21)11-29-13-20(27)23-16-6-4-15(22)5-7-16/h2-9,12H,10-11,13H2,1H3,(H,23,27)(H,24,25,26). The zero-order valence-electron chi connectivity index (χ0n) is 16.2. The highest BCUT2D eigenvalue weighted by Gasteiger charge is 2.09. The monoisotopic (exact) mass is 445 g/mol. The molecule has 0 spiro atoms. The summed E-state index contributed by atoms with van der Waals surface area (Å²) in [5.74, 6) is 0.581. The first-order chi connectivity index (χ1) is 14.5. The lowest BCUT2D eigenvalue weighted by Crippen LogP contribution is -2.20. The Morgan fingerprint density at radius 1 is 1.07 bits per heavy atom. The number of hydrogen-bond acceptors (Lipinski definition) is 6. The van der Waals surface area contributed by atoms with Crippen molar-refractivity contribution in [2.45, 2.75) is 12.7 Å². The van der Waals surface area contributed by atoms with Crippen LogP contribution in [0.2, 0.25) is 0 Å². The van der Waals surface area contributed by atoms with Gasteiger partial charge in [-0.1, -0.05) is 17.7 Å². The maximum atomic E-state index is 12.9. The fourth-order valence-corrected chi connectivity index (χ4v) is 3.90. The maximum absolute atomic E-state index is 12.9. The summed E-state index contributed by atoms with van der Waals surface area (Å²) < 4.78 is 18.3. The van der Waals surface area contributed by atoms with Crippen molar-refractivity contribution in [1.82, 2.24) is 4.98 Å². The van der Waals surface area contributed by atoms with Crippen LogP contribution in [0.5, 0.6) is 5.75 Å². The molecule has 30 heavy (non-hydrogen) atoms. The van der Waals surface area contributed by atoms with E-state index in [-0.39, 0.29) is 30.0 Å². The molecule has 6 nitrogen and oxygen atoms in total. The number of thioether (sulfide) groups is 1. The zero-order valence-corrected chi connectivity index (χ0v) is 17.8. The van der Waals surface area contributed by atoms with Gasteiger partial charge in [0.15, 0.2) is 11.7 Å². The van der Waals surface area contributed by atoms with Crippen LogP contribution in [0.4, 0.5) is 15.2 Å². The minimum Gasteiger partial charge on any atom is -0.484 e. The van der Waals surface area contributed by atoms with E-state index in [9.17, 15) is 14.0 Å². The SMILES string of the molecule is Cc1ccc(OCC(=O)Nc2nc(CSCC(=O)Nc3ccc(F)cc3)cs2)cc1. The number of aryl methyl sites for hydroxylation is 1. The highest BCUT2D eigenvalue weighted by atomic mass is 32.2. The lowest BCUT2D eigenvalue weighted by molar-refractivity contribution is -0.118. The highest BCUT2D eigenvalue weighted by molar-refractivity contribution is 7.99. The number of carbonyl (C=O) groups excluding carboxylic acids is 2. The van der Waals surface area contributed by atoms with Gasteiger partial charge >= 0.3 is 0 Å². The largest absolute Gasteiger partial charge is 0.484 e. The molecule has 1 aromatic heterocycles. The fraction of sp³-hybridized carbons (Fsp3) is 0.190. The van der Waals surface area contributed by atoms with E-state index in [4.69, 9.17) is 4.74 Å². The van der Waals surface area contributed by atoms with Crippen LogP contribution in [-0.4, -0.2) is 29.2 Å². The number of anilines is 2. The third-order valence-corrected chi connectivity index (χ3v) is 5.57. The van der Waals surface area contributed by atoms with Gasteiger partial charge in [0.1, 0.15) is 11.6 Å². The van der Waals surface area contributed by atoms with E-state index in [0.29, 0.717) is 22.3 Å². The Morgan fingerprint density at radius 3 is 2.53 bits per heavy atom. The molecule has 0 saturated carbocycles. The van der Waals surface area contributed by atoms with E-state index in [1.54, 1.807) is 0 Å². The summed E-state index contributed by atoms with van der Waals surface area (Å²) in [7, 11) is 0. The predicted octanol–water partition coefficient (Wildman–Crippen LogP) is 4.48. The Kier molecular flexibility index (Phi) is 7.81. The Labute approximate surface area is 181 Å². The van der Waals surface area contributed by atoms with E-state index in [2.05, 4.69) is 15.6 Å². The van der Waals surface area contributed by atoms with Gasteiger partial charge < -0.3 is 10.1 Å². The Balaban J connectivity index is 1.37. The minimum atomic E-state index is -0.351. The number of carbonyl (C=O) groups is 2. The molecule has 0 aliphatic heterocycles. The molecule has 2 amide bonds. The van der Waals surface area contributed by atoms with Crippen LogP contribution >= 0.6 is 23.1 Å². The van der Waals surface area contributed by atoms with Crippen LogP contribution in [0.25, 0.3) is 0 Å². The molecule has 2 aromatic carbocycles. The first-order valence-electron chi connectivity index (χ1n) is 9.05.